The van der Waals surface area contributed by atoms with Gasteiger partial charge in [0.15, 0.2) is 0 Å². The topological polar surface area (TPSA) is 6.48 Å². The molecule has 0 N–H and O–H groups in total. The van der Waals surface area contributed by atoms with Crippen LogP contribution in [0.3, 0.4) is 0 Å². The molecule has 2 unspecified atom stereocenters. The number of nitrogens with zero attached hydrogens (tertiary/aromatic N) is 2. The van der Waals surface area contributed by atoms with Crippen molar-refractivity contribution in [3.8, 4) is 33.4 Å². The molecule has 92 heavy (non-hydrogen) atoms. The zero-order valence-electron chi connectivity index (χ0n) is 54.0. The Morgan fingerprint density at radius 2 is 0.989 bits per heavy atom. The minimum absolute atomic E-state index is 0.0371. The summed E-state index contributed by atoms with van der Waals surface area (Å²) in [4.78, 5) is 5.13. The summed E-state index contributed by atoms with van der Waals surface area (Å²) in [5.74, 6) is 0.496. The maximum atomic E-state index is 4.49. The van der Waals surface area contributed by atoms with Gasteiger partial charge in [0.1, 0.15) is 16.1 Å². The van der Waals surface area contributed by atoms with E-state index in [-0.39, 0.29) is 5.41 Å². The summed E-state index contributed by atoms with van der Waals surface area (Å²) in [6.45, 7) is 21.6. The molecule has 1 fully saturated rings. The number of rotatable bonds is 9. The summed E-state index contributed by atoms with van der Waals surface area (Å²) in [6, 6.07) is 86.0. The van der Waals surface area contributed by atoms with E-state index in [1.807, 2.05) is 0 Å². The summed E-state index contributed by atoms with van der Waals surface area (Å²) >= 11 is 0. The van der Waals surface area contributed by atoms with E-state index in [4.69, 9.17) is 0 Å². The molecule has 0 amide bonds. The SMILES string of the molecule is C=CC1=C(C=CC)N(c2ccc3c(c2)C2(c4ccccc4-c4ccccc42)c2cc(C=C(c4ccc5c(c4)C4(C6=C(CCC=C6)c6ccccc64)c4cc(N6c7ccccc7[Si](C)(C)c7ccccc76)ccc4-5)C4(C(C)CC)CC4)ccc2-3)c2ccccc2[Si]1(C)C. The minimum Gasteiger partial charge on any atom is -0.311 e. The van der Waals surface area contributed by atoms with E-state index in [0.717, 1.165) is 19.3 Å². The van der Waals surface area contributed by atoms with E-state index in [0.29, 0.717) is 5.92 Å². The van der Waals surface area contributed by atoms with Crippen molar-refractivity contribution in [1.29, 1.82) is 0 Å². The van der Waals surface area contributed by atoms with Crippen LogP contribution in [0.5, 0.6) is 0 Å². The lowest BCUT2D eigenvalue weighted by molar-refractivity contribution is 0.411. The highest BCUT2D eigenvalue weighted by molar-refractivity contribution is 7.02. The highest BCUT2D eigenvalue weighted by Crippen LogP contribution is 2.68. The summed E-state index contributed by atoms with van der Waals surface area (Å²) in [7, 11) is -4.11. The third-order valence-corrected chi connectivity index (χ3v) is 30.8. The highest BCUT2D eigenvalue weighted by atomic mass is 28.3. The van der Waals surface area contributed by atoms with E-state index in [1.165, 1.54) is 173 Å². The predicted molar refractivity (Wildman–Crippen MR) is 394 cm³/mol. The Morgan fingerprint density at radius 1 is 0.511 bits per heavy atom. The Bertz CT molecular complexity index is 4970. The first-order chi connectivity index (χ1) is 44.9. The van der Waals surface area contributed by atoms with Crippen molar-refractivity contribution >= 4 is 77.4 Å². The monoisotopic (exact) mass is 1220 g/mol. The summed E-state index contributed by atoms with van der Waals surface area (Å²) in [5.41, 5.74) is 32.5. The molecule has 0 aromatic heterocycles. The average Bonchev–Trinajstić information content (AvgIpc) is 1.48. The molecule has 4 heteroatoms. The van der Waals surface area contributed by atoms with Crippen molar-refractivity contribution < 1.29 is 0 Å². The molecule has 8 aliphatic rings. The number of hydrogen-bond acceptors (Lipinski definition) is 2. The van der Waals surface area contributed by atoms with Gasteiger partial charge in [-0.3, -0.25) is 0 Å². The minimum atomic E-state index is -2.10. The molecule has 0 radical (unpaired) electrons. The van der Waals surface area contributed by atoms with Crippen molar-refractivity contribution in [3.05, 3.63) is 327 Å². The normalized spacial score (nSPS) is 19.8. The lowest BCUT2D eigenvalue weighted by Gasteiger charge is -2.41. The smallest absolute Gasteiger partial charge is 0.117 e. The molecule has 10 aromatic rings. The molecule has 10 aromatic carbocycles. The number of anilines is 5. The molecular weight excluding hydrogens is 1140 g/mol. The van der Waals surface area contributed by atoms with Gasteiger partial charge in [-0.05, 0) is 231 Å². The summed E-state index contributed by atoms with van der Waals surface area (Å²) in [6.07, 6.45) is 19.9. The largest absolute Gasteiger partial charge is 0.311 e. The second-order valence-electron chi connectivity index (χ2n) is 28.5. The molecule has 0 saturated heterocycles. The molecule has 2 spiro atoms. The number of fused-ring (bicyclic) bond motifs is 22. The predicted octanol–water partition coefficient (Wildman–Crippen LogP) is 21.1. The first-order valence-corrected chi connectivity index (χ1v) is 39.8. The number of allylic oxidation sites excluding steroid dienone is 9. The van der Waals surface area contributed by atoms with Crippen molar-refractivity contribution in [2.45, 2.75) is 89.9 Å². The van der Waals surface area contributed by atoms with Gasteiger partial charge in [0.25, 0.3) is 0 Å². The standard InChI is InChI=1S/C88H76N2Si2/c1-9-26-78-82(11-3)91(5,6)83-38-23-20-35-79(83)89(78)59-43-47-67-65-45-41-57(52-74(65)87(76(67)54-59)69-31-16-12-27-61(69)62-28-13-17-32-70(62)87)51-73(86(49-50-86)56(4)10-2)58-42-46-66-68-48-44-60(90-80-36-21-24-39-84(80)92(7,8)85-40-25-22-37-81(85)90)55-77(68)88(75(66)53-58)71-33-18-14-29-63(71)64-30-15-19-34-72(64)88/h9,11-14,16-29,31-48,51-56H,3,10,15,30,49-50H2,1-2,4-8H3. The molecule has 2 aliphatic heterocycles. The van der Waals surface area contributed by atoms with Crippen LogP contribution in [-0.2, 0) is 10.8 Å². The van der Waals surface area contributed by atoms with Crippen LogP contribution in [0.4, 0.5) is 28.4 Å². The molecular formula is C88H76N2Si2. The van der Waals surface area contributed by atoms with E-state index in [9.17, 15) is 0 Å². The first-order valence-electron chi connectivity index (χ1n) is 33.8. The molecule has 6 aliphatic carbocycles. The van der Waals surface area contributed by atoms with E-state index < -0.39 is 27.0 Å². The Hall–Kier alpha value is -9.33. The highest BCUT2D eigenvalue weighted by Gasteiger charge is 2.56. The van der Waals surface area contributed by atoms with Gasteiger partial charge >= 0.3 is 0 Å². The Morgan fingerprint density at radius 3 is 1.58 bits per heavy atom. The quantitative estimate of drug-likeness (QED) is 0.105. The lowest BCUT2D eigenvalue weighted by atomic mass is 9.68. The fraction of sp³-hybridized carbons (Fsp3) is 0.182. The number of para-hydroxylation sites is 3. The lowest BCUT2D eigenvalue weighted by Crippen LogP contribution is -2.58. The van der Waals surface area contributed by atoms with Crippen LogP contribution in [0.1, 0.15) is 109 Å². The van der Waals surface area contributed by atoms with Crippen LogP contribution < -0.4 is 25.4 Å². The Labute approximate surface area is 545 Å². The summed E-state index contributed by atoms with van der Waals surface area (Å²) in [5, 5.41) is 5.77. The first kappa shape index (κ1) is 55.5. The van der Waals surface area contributed by atoms with E-state index in [2.05, 4.69) is 318 Å². The Kier molecular flexibility index (Phi) is 12.0. The molecule has 2 heterocycles. The molecule has 2 atom stereocenters. The molecule has 18 rings (SSSR count). The van der Waals surface area contributed by atoms with Crippen molar-refractivity contribution in [2.24, 2.45) is 11.3 Å². The number of hydrogen-bond donors (Lipinski definition) is 0. The van der Waals surface area contributed by atoms with E-state index in [1.54, 1.807) is 0 Å². The van der Waals surface area contributed by atoms with Crippen LogP contribution in [0.15, 0.2) is 272 Å². The maximum Gasteiger partial charge on any atom is 0.117 e. The average molecular weight is 1220 g/mol. The fourth-order valence-electron chi connectivity index (χ4n) is 19.1. The third kappa shape index (κ3) is 7.15. The molecule has 0 bridgehead atoms. The van der Waals surface area contributed by atoms with Gasteiger partial charge in [0, 0.05) is 34.1 Å². The van der Waals surface area contributed by atoms with Crippen LogP contribution in [0.25, 0.3) is 50.6 Å². The second-order valence-corrected chi connectivity index (χ2v) is 37.1. The van der Waals surface area contributed by atoms with Gasteiger partial charge in [-0.1, -0.05) is 247 Å². The maximum absolute atomic E-state index is 4.49. The zero-order valence-corrected chi connectivity index (χ0v) is 56.0. The van der Waals surface area contributed by atoms with Crippen LogP contribution in [-0.4, -0.2) is 16.1 Å². The van der Waals surface area contributed by atoms with Gasteiger partial charge in [-0.2, -0.15) is 0 Å². The van der Waals surface area contributed by atoms with Crippen LogP contribution in [0.2, 0.25) is 26.2 Å². The van der Waals surface area contributed by atoms with E-state index >= 15 is 0 Å². The van der Waals surface area contributed by atoms with Gasteiger partial charge < -0.3 is 9.80 Å². The Balaban J connectivity index is 0.843. The van der Waals surface area contributed by atoms with Gasteiger partial charge in [0.05, 0.1) is 10.8 Å². The number of benzene rings is 10. The molecule has 1 saturated carbocycles. The molecule has 446 valence electrons. The second kappa shape index (κ2) is 19.8. The van der Waals surface area contributed by atoms with Crippen molar-refractivity contribution in [1.82, 2.24) is 0 Å². The van der Waals surface area contributed by atoms with Gasteiger partial charge in [-0.25, -0.2) is 0 Å². The van der Waals surface area contributed by atoms with Crippen molar-refractivity contribution in [3.63, 3.8) is 0 Å². The fourth-order valence-corrected chi connectivity index (χ4v) is 25.1. The van der Waals surface area contributed by atoms with Crippen molar-refractivity contribution in [2.75, 3.05) is 9.80 Å². The zero-order chi connectivity index (χ0) is 62.2. The van der Waals surface area contributed by atoms with Crippen LogP contribution in [0, 0.1) is 11.3 Å². The van der Waals surface area contributed by atoms with Crippen LogP contribution >= 0.6 is 0 Å². The van der Waals surface area contributed by atoms with Gasteiger partial charge in [-0.15, -0.1) is 0 Å². The van der Waals surface area contributed by atoms with Gasteiger partial charge in [0.2, 0.25) is 0 Å². The molecule has 2 nitrogen and oxygen atoms in total. The third-order valence-electron chi connectivity index (χ3n) is 23.6. The summed E-state index contributed by atoms with van der Waals surface area (Å²) < 4.78 is 0.